The quantitative estimate of drug-likeness (QED) is 0.784. The summed E-state index contributed by atoms with van der Waals surface area (Å²) in [7, 11) is 0. The summed E-state index contributed by atoms with van der Waals surface area (Å²) in [6.07, 6.45) is 0.936. The predicted octanol–water partition coefficient (Wildman–Crippen LogP) is 2.72. The highest BCUT2D eigenvalue weighted by Crippen LogP contribution is 2.28. The zero-order chi connectivity index (χ0) is 14.4. The van der Waals surface area contributed by atoms with E-state index in [9.17, 15) is 5.11 Å². The van der Waals surface area contributed by atoms with Crippen molar-refractivity contribution in [2.24, 2.45) is 0 Å². The molecule has 1 N–H and O–H groups in total. The summed E-state index contributed by atoms with van der Waals surface area (Å²) in [6.45, 7) is -6.29. The van der Waals surface area contributed by atoms with Crippen LogP contribution in [-0.4, -0.2) is 10.1 Å². The largest absolute Gasteiger partial charge is 0.386 e. The normalized spacial score (nSPS) is 21.2. The zero-order valence-corrected chi connectivity index (χ0v) is 8.15. The fraction of sp³-hybridized carbons (Fsp3) is 0.375. The molecule has 66 valence electrons. The van der Waals surface area contributed by atoms with Crippen LogP contribution in [0.15, 0.2) is 16.7 Å². The van der Waals surface area contributed by atoms with Crippen LogP contribution >= 0.6 is 27.5 Å². The molecule has 0 saturated heterocycles. The molecule has 1 heterocycles. The third-order valence-corrected chi connectivity index (χ3v) is 2.07. The van der Waals surface area contributed by atoms with Crippen molar-refractivity contribution >= 4 is 27.5 Å². The second kappa shape index (κ2) is 3.32. The van der Waals surface area contributed by atoms with Gasteiger partial charge < -0.3 is 5.11 Å². The molecule has 0 fully saturated rings. The lowest BCUT2D eigenvalue weighted by atomic mass is 10.0. The lowest BCUT2D eigenvalue weighted by molar-refractivity contribution is 0.0774. The van der Waals surface area contributed by atoms with Crippen molar-refractivity contribution in [2.75, 3.05) is 0 Å². The van der Waals surface area contributed by atoms with Gasteiger partial charge in [0.2, 0.25) is 0 Å². The van der Waals surface area contributed by atoms with Gasteiger partial charge in [0, 0.05) is 24.5 Å². The Morgan fingerprint density at radius 3 is 2.92 bits per heavy atom. The van der Waals surface area contributed by atoms with Crippen molar-refractivity contribution in [3.63, 3.8) is 0 Å². The third-order valence-electron chi connectivity index (χ3n) is 1.21. The maximum Gasteiger partial charge on any atom is 0.130 e. The van der Waals surface area contributed by atoms with Crippen molar-refractivity contribution in [1.82, 2.24) is 4.98 Å². The lowest BCUT2D eigenvalue weighted by Gasteiger charge is -2.18. The Labute approximate surface area is 93.1 Å². The number of hydrogen-bond donors (Lipinski definition) is 1. The third kappa shape index (κ3) is 2.19. The highest BCUT2D eigenvalue weighted by atomic mass is 79.9. The topological polar surface area (TPSA) is 33.1 Å². The molecule has 0 unspecified atom stereocenters. The van der Waals surface area contributed by atoms with Crippen LogP contribution in [0.2, 0.25) is 5.15 Å². The summed E-state index contributed by atoms with van der Waals surface area (Å²) < 4.78 is 43.7. The van der Waals surface area contributed by atoms with Gasteiger partial charge in [-0.15, -0.1) is 0 Å². The highest BCUT2D eigenvalue weighted by molar-refractivity contribution is 9.10. The van der Waals surface area contributed by atoms with Crippen LogP contribution in [0.4, 0.5) is 0 Å². The Kier molecular flexibility index (Phi) is 1.22. The molecule has 0 aliphatic carbocycles. The van der Waals surface area contributed by atoms with Crippen LogP contribution in [0.1, 0.15) is 27.5 Å². The number of aliphatic hydroxyl groups is 1. The molecule has 0 amide bonds. The Morgan fingerprint density at radius 1 is 1.75 bits per heavy atom. The minimum Gasteiger partial charge on any atom is -0.386 e. The summed E-state index contributed by atoms with van der Waals surface area (Å²) in [4.78, 5) is 3.61. The van der Waals surface area contributed by atoms with E-state index in [1.54, 1.807) is 0 Å². The molecule has 4 heteroatoms. The van der Waals surface area contributed by atoms with E-state index < -0.39 is 19.3 Å². The first-order valence-corrected chi connectivity index (χ1v) is 4.12. The first kappa shape index (κ1) is 4.40. The summed E-state index contributed by atoms with van der Waals surface area (Å²) in [5, 5.41) is 10.2. The average molecular weight is 257 g/mol. The van der Waals surface area contributed by atoms with E-state index in [1.165, 1.54) is 6.07 Å². The van der Waals surface area contributed by atoms with Gasteiger partial charge in [0.15, 0.2) is 0 Å². The summed E-state index contributed by atoms with van der Waals surface area (Å²) in [5.74, 6) is 0. The average Bonchev–Trinajstić information content (AvgIpc) is 2.12. The van der Waals surface area contributed by atoms with E-state index in [1.807, 2.05) is 0 Å². The molecule has 0 aliphatic rings. The molecule has 1 rings (SSSR count). The lowest BCUT2D eigenvalue weighted by Crippen LogP contribution is -2.16. The van der Waals surface area contributed by atoms with Gasteiger partial charge in [-0.05, 0) is 19.8 Å². The molecule has 0 radical (unpaired) electrons. The molecule has 0 bridgehead atoms. The number of nitrogens with zero attached hydrogens (tertiary/aromatic N) is 1. The maximum atomic E-state index is 10.2. The first-order chi connectivity index (χ1) is 7.91. The molecule has 1 aromatic rings. The number of pyridine rings is 1. The van der Waals surface area contributed by atoms with Crippen molar-refractivity contribution in [3.05, 3.63) is 27.5 Å². The van der Waals surface area contributed by atoms with Crippen LogP contribution in [0.5, 0.6) is 0 Å². The second-order valence-corrected chi connectivity index (χ2v) is 3.44. The summed E-state index contributed by atoms with van der Waals surface area (Å²) in [6, 6.07) is 1.22. The molecular formula is C8H9BrClNO. The first-order valence-electron chi connectivity index (χ1n) is 5.95. The molecule has 0 spiro atoms. The van der Waals surface area contributed by atoms with Gasteiger partial charge in [-0.2, -0.15) is 0 Å². The van der Waals surface area contributed by atoms with Crippen molar-refractivity contribution in [1.29, 1.82) is 0 Å². The molecular weight excluding hydrogens is 241 g/mol. The highest BCUT2D eigenvalue weighted by Gasteiger charge is 2.19. The number of rotatable bonds is 1. The monoisotopic (exact) mass is 255 g/mol. The van der Waals surface area contributed by atoms with Crippen LogP contribution in [0.25, 0.3) is 0 Å². The summed E-state index contributed by atoms with van der Waals surface area (Å²) >= 11 is 8.57. The summed E-state index contributed by atoms with van der Waals surface area (Å²) in [5.41, 5.74) is -3.37. The van der Waals surface area contributed by atoms with E-state index in [4.69, 9.17) is 19.8 Å². The zero-order valence-electron chi connectivity index (χ0n) is 11.8. The van der Waals surface area contributed by atoms with Crippen LogP contribution < -0.4 is 0 Å². The SMILES string of the molecule is [2H]C([2H])([2H])C(O)(c1cnc(Cl)cc1Br)C([2H])([2H])[2H]. The molecule has 1 aromatic heterocycles. The number of aromatic nitrogens is 1. The minimum absolute atomic E-state index is 0.0454. The van der Waals surface area contributed by atoms with E-state index in [-0.39, 0.29) is 15.2 Å². The Morgan fingerprint density at radius 2 is 2.42 bits per heavy atom. The number of hydrogen-bond acceptors (Lipinski definition) is 2. The van der Waals surface area contributed by atoms with Gasteiger partial charge in [0.1, 0.15) is 5.15 Å². The smallest absolute Gasteiger partial charge is 0.130 e. The van der Waals surface area contributed by atoms with Gasteiger partial charge in [0.25, 0.3) is 0 Å². The molecule has 0 atom stereocenters. The second-order valence-electron chi connectivity index (χ2n) is 2.20. The molecule has 12 heavy (non-hydrogen) atoms. The Balaban J connectivity index is 3.56. The van der Waals surface area contributed by atoms with E-state index in [2.05, 4.69) is 20.9 Å². The molecule has 2 nitrogen and oxygen atoms in total. The van der Waals surface area contributed by atoms with Gasteiger partial charge in [-0.25, -0.2) is 4.98 Å². The van der Waals surface area contributed by atoms with E-state index >= 15 is 0 Å². The standard InChI is InChI=1S/C8H9BrClNO/c1-8(2,12)5-4-11-7(10)3-6(5)9/h3-4,12H,1-2H3/i1D3,2D3. The van der Waals surface area contributed by atoms with Crippen molar-refractivity contribution in [3.8, 4) is 0 Å². The van der Waals surface area contributed by atoms with Crippen LogP contribution in [0, 0.1) is 0 Å². The minimum atomic E-state index is -3.14. The van der Waals surface area contributed by atoms with E-state index in [0.29, 0.717) is 0 Å². The Bertz CT molecular complexity index is 446. The molecule has 0 saturated carbocycles. The van der Waals surface area contributed by atoms with Gasteiger partial charge in [0.05, 0.1) is 5.60 Å². The fourth-order valence-electron chi connectivity index (χ4n) is 0.674. The van der Waals surface area contributed by atoms with Crippen LogP contribution in [0.3, 0.4) is 0 Å². The van der Waals surface area contributed by atoms with E-state index in [0.717, 1.165) is 6.20 Å². The molecule has 0 aliphatic heterocycles. The van der Waals surface area contributed by atoms with Gasteiger partial charge in [-0.1, -0.05) is 27.5 Å². The molecule has 0 aromatic carbocycles. The van der Waals surface area contributed by atoms with Crippen molar-refractivity contribution in [2.45, 2.75) is 19.3 Å². The maximum absolute atomic E-state index is 10.2. The predicted molar refractivity (Wildman–Crippen MR) is 52.2 cm³/mol. The van der Waals surface area contributed by atoms with Crippen molar-refractivity contribution < 1.29 is 13.3 Å². The fourth-order valence-corrected chi connectivity index (χ4v) is 1.57. The van der Waals surface area contributed by atoms with Gasteiger partial charge in [-0.3, -0.25) is 0 Å². The number of halogens is 2. The van der Waals surface area contributed by atoms with Crippen LogP contribution in [-0.2, 0) is 5.60 Å². The van der Waals surface area contributed by atoms with Gasteiger partial charge >= 0.3 is 0 Å². The Hall–Kier alpha value is -0.120.